The third-order valence-corrected chi connectivity index (χ3v) is 5.27. The van der Waals surface area contributed by atoms with E-state index in [1.807, 2.05) is 12.1 Å². The summed E-state index contributed by atoms with van der Waals surface area (Å²) in [6.07, 6.45) is 6.66. The molecule has 1 aliphatic carbocycles. The molecule has 0 saturated carbocycles. The first-order valence-corrected chi connectivity index (χ1v) is 9.58. The van der Waals surface area contributed by atoms with Crippen molar-refractivity contribution in [3.8, 4) is 5.82 Å². The summed E-state index contributed by atoms with van der Waals surface area (Å²) in [5.41, 5.74) is 13.9. The molecular weight excluding hydrogens is 382 g/mol. The molecule has 150 valence electrons. The lowest BCUT2D eigenvalue weighted by molar-refractivity contribution is -0.114. The van der Waals surface area contributed by atoms with Crippen molar-refractivity contribution in [3.05, 3.63) is 59.3 Å². The minimum absolute atomic E-state index is 0.159. The molecular formula is C21H19N7O2. The zero-order valence-corrected chi connectivity index (χ0v) is 16.3. The molecule has 0 spiro atoms. The summed E-state index contributed by atoms with van der Waals surface area (Å²) in [5.74, 6) is 0.944. The molecule has 3 N–H and O–H groups in total. The van der Waals surface area contributed by atoms with Crippen molar-refractivity contribution in [3.63, 3.8) is 0 Å². The lowest BCUT2D eigenvalue weighted by atomic mass is 9.95. The standard InChI is InChI=1S/C21H19N7O2/c1-13-12-30-9-8-27(13)19-10-16(14-4-2-3-5-15(14)20(22)29)17-11-24-28(21(17)25-19)18-6-7-23-26-18/h4-7,10-11,13H,8-9,12H2,1H3,(H2,22,29)(H,23,26)/t13-/m1/s1. The molecule has 9 nitrogen and oxygen atoms in total. The summed E-state index contributed by atoms with van der Waals surface area (Å²) in [4.78, 5) is 19.2. The van der Waals surface area contributed by atoms with Gasteiger partial charge in [0.2, 0.25) is 5.91 Å². The fraction of sp³-hybridized carbons (Fsp3) is 0.238. The second kappa shape index (κ2) is 7.17. The van der Waals surface area contributed by atoms with Crippen LogP contribution in [0.25, 0.3) is 22.4 Å². The first-order valence-electron chi connectivity index (χ1n) is 9.58. The highest BCUT2D eigenvalue weighted by Gasteiger charge is 2.25. The van der Waals surface area contributed by atoms with Crippen LogP contribution in [0, 0.1) is 0 Å². The van der Waals surface area contributed by atoms with Gasteiger partial charge in [-0.3, -0.25) is 9.89 Å². The third kappa shape index (κ3) is 2.94. The van der Waals surface area contributed by atoms with Crippen LogP contribution in [0.1, 0.15) is 12.5 Å². The Morgan fingerprint density at radius 3 is 3.00 bits per heavy atom. The number of hydrogen-bond donors (Lipinski definition) is 2. The number of amides is 1. The van der Waals surface area contributed by atoms with Crippen LogP contribution in [-0.2, 0) is 9.53 Å². The Balaban J connectivity index is 1.78. The molecule has 2 aliphatic rings. The zero-order valence-electron chi connectivity index (χ0n) is 16.3. The van der Waals surface area contributed by atoms with E-state index in [2.05, 4.69) is 38.6 Å². The van der Waals surface area contributed by atoms with E-state index in [0.717, 1.165) is 16.8 Å². The SMILES string of the molecule is C[C@@H]1COCCN1c1cc(C2=C(C(N)=O)C=C=C=C2)c2cnn(-c3ccn[nH]3)c2n1. The Bertz CT molecular complexity index is 1270. The summed E-state index contributed by atoms with van der Waals surface area (Å²) in [6, 6.07) is 3.95. The van der Waals surface area contributed by atoms with Crippen LogP contribution >= 0.6 is 0 Å². The number of aromatic amines is 1. The predicted molar refractivity (Wildman–Crippen MR) is 111 cm³/mol. The van der Waals surface area contributed by atoms with Crippen molar-refractivity contribution in [1.29, 1.82) is 0 Å². The van der Waals surface area contributed by atoms with Gasteiger partial charge in [0.25, 0.3) is 0 Å². The molecule has 0 aromatic carbocycles. The van der Waals surface area contributed by atoms with Crippen LogP contribution in [0.2, 0.25) is 0 Å². The highest BCUT2D eigenvalue weighted by atomic mass is 16.5. The molecule has 0 bridgehead atoms. The fourth-order valence-corrected chi connectivity index (χ4v) is 3.78. The molecule has 30 heavy (non-hydrogen) atoms. The maximum Gasteiger partial charge on any atom is 0.250 e. The van der Waals surface area contributed by atoms with Gasteiger partial charge in [0.15, 0.2) is 11.5 Å². The third-order valence-electron chi connectivity index (χ3n) is 5.27. The first kappa shape index (κ1) is 18.1. The van der Waals surface area contributed by atoms with Gasteiger partial charge in [-0.15, -0.1) is 0 Å². The summed E-state index contributed by atoms with van der Waals surface area (Å²) in [6.45, 7) is 4.06. The van der Waals surface area contributed by atoms with Crippen LogP contribution in [0.4, 0.5) is 5.82 Å². The Kier molecular flexibility index (Phi) is 4.34. The van der Waals surface area contributed by atoms with Gasteiger partial charge in [0, 0.05) is 29.6 Å². The number of ether oxygens (including phenoxy) is 1. The minimum atomic E-state index is -0.525. The number of fused-ring (bicyclic) bond motifs is 1. The predicted octanol–water partition coefficient (Wildman–Crippen LogP) is 1.49. The molecule has 1 atom stereocenters. The van der Waals surface area contributed by atoms with Gasteiger partial charge in [-0.25, -0.2) is 4.98 Å². The number of nitrogens with two attached hydrogens (primary N) is 1. The number of allylic oxidation sites excluding steroid dienone is 2. The minimum Gasteiger partial charge on any atom is -0.377 e. The Hall–Kier alpha value is -3.90. The van der Waals surface area contributed by atoms with Crippen LogP contribution in [-0.4, -0.2) is 56.7 Å². The lowest BCUT2D eigenvalue weighted by Crippen LogP contribution is -2.44. The maximum atomic E-state index is 12.1. The number of morpholine rings is 1. The molecule has 1 fully saturated rings. The lowest BCUT2D eigenvalue weighted by Gasteiger charge is -2.34. The first-order chi connectivity index (χ1) is 14.6. The van der Waals surface area contributed by atoms with Crippen LogP contribution in [0.15, 0.2) is 53.7 Å². The van der Waals surface area contributed by atoms with Gasteiger partial charge in [-0.05, 0) is 24.6 Å². The maximum absolute atomic E-state index is 12.1. The van der Waals surface area contributed by atoms with Gasteiger partial charge in [0.05, 0.1) is 37.2 Å². The smallest absolute Gasteiger partial charge is 0.250 e. The van der Waals surface area contributed by atoms with E-state index >= 15 is 0 Å². The van der Waals surface area contributed by atoms with E-state index in [-0.39, 0.29) is 6.04 Å². The van der Waals surface area contributed by atoms with E-state index in [0.29, 0.717) is 42.4 Å². The molecule has 3 aromatic rings. The number of aromatic nitrogens is 5. The number of pyridine rings is 1. The number of carbonyl (C=O) groups excluding carboxylic acids is 1. The van der Waals surface area contributed by atoms with Crippen molar-refractivity contribution in [2.75, 3.05) is 24.7 Å². The fourth-order valence-electron chi connectivity index (χ4n) is 3.78. The van der Waals surface area contributed by atoms with Gasteiger partial charge >= 0.3 is 0 Å². The number of rotatable bonds is 4. The molecule has 4 heterocycles. The molecule has 1 aliphatic heterocycles. The Labute approximate surface area is 171 Å². The molecule has 0 unspecified atom stereocenters. The number of carbonyl (C=O) groups is 1. The second-order valence-corrected chi connectivity index (χ2v) is 7.15. The number of H-pyrrole nitrogens is 1. The molecule has 9 heteroatoms. The van der Waals surface area contributed by atoms with Crippen molar-refractivity contribution < 1.29 is 9.53 Å². The topological polar surface area (TPSA) is 115 Å². The van der Waals surface area contributed by atoms with Crippen molar-refractivity contribution in [1.82, 2.24) is 25.0 Å². The summed E-state index contributed by atoms with van der Waals surface area (Å²) < 4.78 is 7.28. The van der Waals surface area contributed by atoms with Crippen molar-refractivity contribution in [2.24, 2.45) is 5.73 Å². The van der Waals surface area contributed by atoms with E-state index in [4.69, 9.17) is 15.5 Å². The van der Waals surface area contributed by atoms with E-state index in [1.165, 1.54) is 0 Å². The highest BCUT2D eigenvalue weighted by Crippen LogP contribution is 2.33. The van der Waals surface area contributed by atoms with E-state index in [9.17, 15) is 4.79 Å². The Morgan fingerprint density at radius 1 is 1.37 bits per heavy atom. The average molecular weight is 401 g/mol. The van der Waals surface area contributed by atoms with Crippen molar-refractivity contribution >= 4 is 28.3 Å². The molecule has 0 radical (unpaired) electrons. The van der Waals surface area contributed by atoms with Gasteiger partial charge in [-0.1, -0.05) is 11.5 Å². The summed E-state index contributed by atoms with van der Waals surface area (Å²) in [7, 11) is 0. The van der Waals surface area contributed by atoms with Gasteiger partial charge in [-0.2, -0.15) is 14.9 Å². The van der Waals surface area contributed by atoms with Gasteiger partial charge < -0.3 is 15.4 Å². The average Bonchev–Trinajstić information content (AvgIpc) is 3.43. The normalized spacial score (nSPS) is 18.6. The van der Waals surface area contributed by atoms with Crippen LogP contribution < -0.4 is 10.6 Å². The van der Waals surface area contributed by atoms with E-state index < -0.39 is 5.91 Å². The van der Waals surface area contributed by atoms with Crippen LogP contribution in [0.5, 0.6) is 0 Å². The zero-order chi connectivity index (χ0) is 20.7. The van der Waals surface area contributed by atoms with E-state index in [1.54, 1.807) is 29.2 Å². The monoisotopic (exact) mass is 401 g/mol. The molecule has 1 saturated heterocycles. The number of anilines is 1. The van der Waals surface area contributed by atoms with Gasteiger partial charge in [0.1, 0.15) is 5.82 Å². The largest absolute Gasteiger partial charge is 0.377 e. The summed E-state index contributed by atoms with van der Waals surface area (Å²) in [5, 5.41) is 12.2. The number of primary amides is 1. The molecule has 1 amide bonds. The Morgan fingerprint density at radius 2 is 2.23 bits per heavy atom. The molecule has 3 aromatic heterocycles. The second-order valence-electron chi connectivity index (χ2n) is 7.15. The van der Waals surface area contributed by atoms with Crippen molar-refractivity contribution in [2.45, 2.75) is 13.0 Å². The quantitative estimate of drug-likeness (QED) is 0.640. The number of nitrogens with zero attached hydrogens (tertiary/aromatic N) is 5. The highest BCUT2D eigenvalue weighted by molar-refractivity contribution is 6.08. The summed E-state index contributed by atoms with van der Waals surface area (Å²) >= 11 is 0. The van der Waals surface area contributed by atoms with Crippen LogP contribution in [0.3, 0.4) is 0 Å². The molecule has 5 rings (SSSR count). The number of hydrogen-bond acceptors (Lipinski definition) is 6. The number of nitrogens with one attached hydrogen (secondary N) is 1.